The Labute approximate surface area is 123 Å². The minimum absolute atomic E-state index is 0.164. The molecular formula is C14H17NO5S. The fourth-order valence-electron chi connectivity index (χ4n) is 2.23. The fourth-order valence-corrected chi connectivity index (χ4v) is 3.72. The summed E-state index contributed by atoms with van der Waals surface area (Å²) in [6, 6.07) is 5.16. The number of ether oxygens (including phenoxy) is 1. The Balaban J connectivity index is 2.33. The van der Waals surface area contributed by atoms with Gasteiger partial charge in [-0.25, -0.2) is 13.2 Å². The third kappa shape index (κ3) is 3.83. The van der Waals surface area contributed by atoms with Crippen molar-refractivity contribution in [1.82, 2.24) is 4.31 Å². The molecule has 1 heterocycles. The van der Waals surface area contributed by atoms with Gasteiger partial charge in [0.15, 0.2) is 0 Å². The summed E-state index contributed by atoms with van der Waals surface area (Å²) >= 11 is 0. The molecule has 1 aliphatic rings. The molecule has 21 heavy (non-hydrogen) atoms. The van der Waals surface area contributed by atoms with Gasteiger partial charge in [-0.1, -0.05) is 6.07 Å². The van der Waals surface area contributed by atoms with E-state index in [2.05, 4.69) is 0 Å². The maximum Gasteiger partial charge on any atom is 0.328 e. The highest BCUT2D eigenvalue weighted by atomic mass is 32.2. The van der Waals surface area contributed by atoms with E-state index in [9.17, 15) is 13.2 Å². The number of benzene rings is 1. The molecule has 1 fully saturated rings. The molecular weight excluding hydrogens is 294 g/mol. The highest BCUT2D eigenvalue weighted by molar-refractivity contribution is 7.89. The molecule has 0 radical (unpaired) electrons. The van der Waals surface area contributed by atoms with Gasteiger partial charge in [-0.2, -0.15) is 4.31 Å². The molecule has 1 N–H and O–H groups in total. The average Bonchev–Trinajstić information content (AvgIpc) is 2.76. The van der Waals surface area contributed by atoms with E-state index in [1.54, 1.807) is 18.2 Å². The zero-order valence-corrected chi connectivity index (χ0v) is 12.5. The molecule has 0 spiro atoms. The summed E-state index contributed by atoms with van der Waals surface area (Å²) in [5.41, 5.74) is 1.39. The van der Waals surface area contributed by atoms with Crippen LogP contribution in [-0.4, -0.2) is 43.2 Å². The zero-order valence-electron chi connectivity index (χ0n) is 11.7. The third-order valence-corrected chi connectivity index (χ3v) is 5.21. The van der Waals surface area contributed by atoms with Crippen molar-refractivity contribution < 1.29 is 23.1 Å². The first-order valence-corrected chi connectivity index (χ1v) is 8.09. The molecule has 1 aromatic rings. The van der Waals surface area contributed by atoms with Crippen molar-refractivity contribution in [2.45, 2.75) is 13.0 Å². The van der Waals surface area contributed by atoms with Gasteiger partial charge in [-0.15, -0.1) is 0 Å². The number of carboxylic acids is 1. The molecule has 114 valence electrons. The van der Waals surface area contributed by atoms with Crippen LogP contribution >= 0.6 is 0 Å². The summed E-state index contributed by atoms with van der Waals surface area (Å²) < 4.78 is 30.3. The van der Waals surface area contributed by atoms with Gasteiger partial charge in [0.1, 0.15) is 5.75 Å². The lowest BCUT2D eigenvalue weighted by Gasteiger charge is -2.16. The highest BCUT2D eigenvalue weighted by Gasteiger charge is 2.28. The molecule has 0 atom stereocenters. The molecule has 0 unspecified atom stereocenters. The van der Waals surface area contributed by atoms with Crippen LogP contribution < -0.4 is 4.74 Å². The van der Waals surface area contributed by atoms with Gasteiger partial charge >= 0.3 is 5.97 Å². The van der Waals surface area contributed by atoms with Gasteiger partial charge in [0.2, 0.25) is 10.0 Å². The van der Waals surface area contributed by atoms with Crippen molar-refractivity contribution >= 4 is 22.1 Å². The van der Waals surface area contributed by atoms with E-state index in [4.69, 9.17) is 9.84 Å². The second-order valence-corrected chi connectivity index (χ2v) is 6.83. The third-order valence-electron chi connectivity index (χ3n) is 3.31. The van der Waals surface area contributed by atoms with E-state index in [-0.39, 0.29) is 12.3 Å². The number of carboxylic acid groups (broad SMARTS) is 1. The van der Waals surface area contributed by atoms with Crippen LogP contribution in [-0.2, 0) is 21.4 Å². The van der Waals surface area contributed by atoms with E-state index in [0.717, 1.165) is 11.6 Å². The number of rotatable bonds is 5. The van der Waals surface area contributed by atoms with Crippen LogP contribution in [0.25, 0.3) is 6.08 Å². The number of hydrogen-bond acceptors (Lipinski definition) is 4. The Kier molecular flexibility index (Phi) is 4.64. The van der Waals surface area contributed by atoms with Crippen molar-refractivity contribution in [3.63, 3.8) is 0 Å². The Morgan fingerprint density at radius 1 is 1.48 bits per heavy atom. The Morgan fingerprint density at radius 2 is 2.24 bits per heavy atom. The van der Waals surface area contributed by atoms with E-state index >= 15 is 0 Å². The number of aliphatic carboxylic acids is 1. The molecule has 6 nitrogen and oxygen atoms in total. The number of methoxy groups -OCH3 is 1. The number of carbonyl (C=O) groups is 1. The first kappa shape index (κ1) is 15.5. The van der Waals surface area contributed by atoms with Gasteiger partial charge in [-0.3, -0.25) is 0 Å². The maximum atomic E-state index is 11.9. The van der Waals surface area contributed by atoms with Crippen molar-refractivity contribution in [2.75, 3.05) is 19.4 Å². The molecule has 1 aromatic carbocycles. The van der Waals surface area contributed by atoms with Crippen molar-refractivity contribution in [2.24, 2.45) is 0 Å². The van der Waals surface area contributed by atoms with E-state index in [1.807, 2.05) is 0 Å². The first-order valence-electron chi connectivity index (χ1n) is 6.48. The lowest BCUT2D eigenvalue weighted by Crippen LogP contribution is -2.25. The second-order valence-electron chi connectivity index (χ2n) is 4.74. The number of sulfonamides is 1. The molecule has 0 aromatic heterocycles. The van der Waals surface area contributed by atoms with Crippen molar-refractivity contribution in [3.05, 3.63) is 35.4 Å². The van der Waals surface area contributed by atoms with Crippen LogP contribution in [0, 0.1) is 0 Å². The maximum absolute atomic E-state index is 11.9. The largest absolute Gasteiger partial charge is 0.497 e. The van der Waals surface area contributed by atoms with Gasteiger partial charge < -0.3 is 9.84 Å². The lowest BCUT2D eigenvalue weighted by molar-refractivity contribution is -0.131. The molecule has 1 aliphatic heterocycles. The Hall–Kier alpha value is -1.86. The summed E-state index contributed by atoms with van der Waals surface area (Å²) in [7, 11) is -1.67. The van der Waals surface area contributed by atoms with Gasteiger partial charge in [-0.05, 0) is 35.8 Å². The van der Waals surface area contributed by atoms with Crippen LogP contribution in [0.15, 0.2) is 24.3 Å². The van der Waals surface area contributed by atoms with Gasteiger partial charge in [0, 0.05) is 19.2 Å². The summed E-state index contributed by atoms with van der Waals surface area (Å²) in [6.07, 6.45) is 3.11. The van der Waals surface area contributed by atoms with E-state index < -0.39 is 16.0 Å². The van der Waals surface area contributed by atoms with Crippen molar-refractivity contribution in [1.29, 1.82) is 0 Å². The number of hydrogen-bond donors (Lipinski definition) is 1. The fraction of sp³-hybridized carbons (Fsp3) is 0.357. The molecule has 0 saturated carbocycles. The molecule has 1 saturated heterocycles. The van der Waals surface area contributed by atoms with E-state index in [1.165, 1.54) is 17.5 Å². The van der Waals surface area contributed by atoms with Crippen LogP contribution in [0.1, 0.15) is 17.5 Å². The quantitative estimate of drug-likeness (QED) is 0.829. The predicted octanol–water partition coefficient (Wildman–Crippen LogP) is 1.33. The molecule has 0 amide bonds. The predicted molar refractivity (Wildman–Crippen MR) is 78.5 cm³/mol. The van der Waals surface area contributed by atoms with Gasteiger partial charge in [0.25, 0.3) is 0 Å². The van der Waals surface area contributed by atoms with E-state index in [0.29, 0.717) is 24.3 Å². The summed E-state index contributed by atoms with van der Waals surface area (Å²) in [5.74, 6) is -0.281. The topological polar surface area (TPSA) is 83.9 Å². The normalized spacial score (nSPS) is 18.1. The molecule has 0 aliphatic carbocycles. The smallest absolute Gasteiger partial charge is 0.328 e. The molecule has 2 rings (SSSR count). The minimum atomic E-state index is -3.20. The van der Waals surface area contributed by atoms with Crippen LogP contribution in [0.2, 0.25) is 0 Å². The van der Waals surface area contributed by atoms with Crippen LogP contribution in [0.5, 0.6) is 5.75 Å². The standard InChI is InChI=1S/C14H17NO5S/c1-20-13-5-3-11(4-6-14(16)17)12(9-13)10-15-7-2-8-21(15,18)19/h3-6,9H,2,7-8,10H2,1H3,(H,16,17). The SMILES string of the molecule is COc1ccc(C=CC(=O)O)c(CN2CCCS2(=O)=O)c1. The van der Waals surface area contributed by atoms with Crippen LogP contribution in [0.4, 0.5) is 0 Å². The second kappa shape index (κ2) is 6.28. The lowest BCUT2D eigenvalue weighted by atomic mass is 10.1. The van der Waals surface area contributed by atoms with Crippen LogP contribution in [0.3, 0.4) is 0 Å². The summed E-state index contributed by atoms with van der Waals surface area (Å²) in [6.45, 7) is 0.709. The van der Waals surface area contributed by atoms with Crippen molar-refractivity contribution in [3.8, 4) is 5.75 Å². The Bertz CT molecular complexity index is 666. The number of nitrogens with zero attached hydrogens (tertiary/aromatic N) is 1. The first-order chi connectivity index (χ1) is 9.92. The Morgan fingerprint density at radius 3 is 2.81 bits per heavy atom. The van der Waals surface area contributed by atoms with Gasteiger partial charge in [0.05, 0.1) is 12.9 Å². The highest BCUT2D eigenvalue weighted by Crippen LogP contribution is 2.24. The minimum Gasteiger partial charge on any atom is -0.497 e. The average molecular weight is 311 g/mol. The molecule has 7 heteroatoms. The molecule has 0 bridgehead atoms. The summed E-state index contributed by atoms with van der Waals surface area (Å²) in [5, 5.41) is 8.72. The summed E-state index contributed by atoms with van der Waals surface area (Å²) in [4.78, 5) is 10.6. The monoisotopic (exact) mass is 311 g/mol. The zero-order chi connectivity index (χ0) is 15.5.